The first-order valence-electron chi connectivity index (χ1n) is 7.27. The first-order valence-corrected chi connectivity index (χ1v) is 7.27. The van der Waals surface area contributed by atoms with Crippen molar-refractivity contribution >= 4 is 0 Å². The fourth-order valence-corrected chi connectivity index (χ4v) is 2.49. The van der Waals surface area contributed by atoms with Gasteiger partial charge in [0.15, 0.2) is 0 Å². The van der Waals surface area contributed by atoms with Gasteiger partial charge >= 0.3 is 0 Å². The molecule has 3 nitrogen and oxygen atoms in total. The van der Waals surface area contributed by atoms with Crippen LogP contribution in [0.1, 0.15) is 18.1 Å². The van der Waals surface area contributed by atoms with Crippen LogP contribution in [0, 0.1) is 0 Å². The topological polar surface area (TPSA) is 44.5 Å². The summed E-state index contributed by atoms with van der Waals surface area (Å²) in [6.45, 7) is 2.79. The number of rotatable bonds is 6. The molecule has 2 aromatic rings. The molecule has 0 amide bonds. The Morgan fingerprint density at radius 3 is 2.38 bits per heavy atom. The van der Waals surface area contributed by atoms with Crippen LogP contribution in [0.2, 0.25) is 0 Å². The molecule has 2 rings (SSSR count). The number of nitrogens with two attached hydrogens (primary N) is 1. The van der Waals surface area contributed by atoms with E-state index in [1.807, 2.05) is 18.2 Å². The molecule has 0 spiro atoms. The molecule has 0 aromatic heterocycles. The molecule has 0 fully saturated rings. The first kappa shape index (κ1) is 15.4. The Bertz CT molecular complexity index is 608. The molecule has 2 aromatic carbocycles. The van der Waals surface area contributed by atoms with Gasteiger partial charge in [-0.3, -0.25) is 0 Å². The molecular formula is C18H23NO2. The van der Waals surface area contributed by atoms with Gasteiger partial charge in [0.05, 0.1) is 14.2 Å². The molecular weight excluding hydrogens is 262 g/mol. The summed E-state index contributed by atoms with van der Waals surface area (Å²) in [7, 11) is 3.37. The minimum Gasteiger partial charge on any atom is -0.497 e. The summed E-state index contributed by atoms with van der Waals surface area (Å²) in [6, 6.07) is 12.4. The lowest BCUT2D eigenvalue weighted by Gasteiger charge is -2.15. The third-order valence-electron chi connectivity index (χ3n) is 3.69. The van der Waals surface area contributed by atoms with E-state index in [0.29, 0.717) is 6.54 Å². The molecule has 0 saturated heterocycles. The van der Waals surface area contributed by atoms with Gasteiger partial charge in [-0.25, -0.2) is 0 Å². The van der Waals surface area contributed by atoms with E-state index in [0.717, 1.165) is 29.9 Å². The number of benzene rings is 2. The summed E-state index contributed by atoms with van der Waals surface area (Å²) >= 11 is 0. The highest BCUT2D eigenvalue weighted by molar-refractivity contribution is 5.75. The largest absolute Gasteiger partial charge is 0.497 e. The van der Waals surface area contributed by atoms with E-state index in [9.17, 15) is 0 Å². The van der Waals surface area contributed by atoms with Gasteiger partial charge in [-0.15, -0.1) is 0 Å². The Morgan fingerprint density at radius 2 is 1.76 bits per heavy atom. The standard InChI is InChI=1S/C18H23NO2/c1-4-13-5-6-14(9-10-19)16(11-13)17-12-15(20-2)7-8-18(17)21-3/h5-8,11-12H,4,9-10,19H2,1-3H3. The molecule has 0 saturated carbocycles. The van der Waals surface area contributed by atoms with E-state index in [-0.39, 0.29) is 0 Å². The zero-order chi connectivity index (χ0) is 15.2. The van der Waals surface area contributed by atoms with Crippen molar-refractivity contribution in [1.29, 1.82) is 0 Å². The van der Waals surface area contributed by atoms with Gasteiger partial charge in [-0.05, 0) is 54.3 Å². The van der Waals surface area contributed by atoms with Crippen LogP contribution in [-0.4, -0.2) is 20.8 Å². The van der Waals surface area contributed by atoms with Crippen molar-refractivity contribution in [2.24, 2.45) is 5.73 Å². The van der Waals surface area contributed by atoms with Crippen molar-refractivity contribution < 1.29 is 9.47 Å². The van der Waals surface area contributed by atoms with Gasteiger partial charge in [-0.1, -0.05) is 25.1 Å². The third-order valence-corrected chi connectivity index (χ3v) is 3.69. The van der Waals surface area contributed by atoms with Crippen molar-refractivity contribution in [3.63, 3.8) is 0 Å². The predicted molar refractivity (Wildman–Crippen MR) is 87.1 cm³/mol. The molecule has 0 bridgehead atoms. The first-order chi connectivity index (χ1) is 10.2. The molecule has 0 radical (unpaired) electrons. The summed E-state index contributed by atoms with van der Waals surface area (Å²) in [5.41, 5.74) is 10.5. The molecule has 0 unspecified atom stereocenters. The Labute approximate surface area is 126 Å². The molecule has 2 N–H and O–H groups in total. The quantitative estimate of drug-likeness (QED) is 0.884. The van der Waals surface area contributed by atoms with Crippen LogP contribution < -0.4 is 15.2 Å². The lowest BCUT2D eigenvalue weighted by atomic mass is 9.94. The van der Waals surface area contributed by atoms with Crippen molar-refractivity contribution in [2.45, 2.75) is 19.8 Å². The Hall–Kier alpha value is -2.00. The van der Waals surface area contributed by atoms with E-state index in [1.165, 1.54) is 16.7 Å². The zero-order valence-electron chi connectivity index (χ0n) is 13.0. The molecule has 0 atom stereocenters. The smallest absolute Gasteiger partial charge is 0.126 e. The van der Waals surface area contributed by atoms with Crippen LogP contribution in [0.3, 0.4) is 0 Å². The monoisotopic (exact) mass is 285 g/mol. The Balaban J connectivity index is 2.62. The van der Waals surface area contributed by atoms with E-state index in [4.69, 9.17) is 15.2 Å². The second-order valence-corrected chi connectivity index (χ2v) is 4.95. The minimum atomic E-state index is 0.630. The highest BCUT2D eigenvalue weighted by Crippen LogP contribution is 2.36. The Morgan fingerprint density at radius 1 is 0.952 bits per heavy atom. The van der Waals surface area contributed by atoms with Crippen LogP contribution >= 0.6 is 0 Å². The van der Waals surface area contributed by atoms with E-state index in [1.54, 1.807) is 14.2 Å². The number of hydrogen-bond donors (Lipinski definition) is 1. The number of methoxy groups -OCH3 is 2. The Kier molecular flexibility index (Phi) is 5.23. The van der Waals surface area contributed by atoms with Crippen LogP contribution in [0.25, 0.3) is 11.1 Å². The number of aryl methyl sites for hydroxylation is 1. The fraction of sp³-hybridized carbons (Fsp3) is 0.333. The summed E-state index contributed by atoms with van der Waals surface area (Å²) in [5.74, 6) is 1.67. The maximum atomic E-state index is 5.75. The van der Waals surface area contributed by atoms with E-state index >= 15 is 0 Å². The molecule has 0 aliphatic rings. The average molecular weight is 285 g/mol. The molecule has 112 valence electrons. The van der Waals surface area contributed by atoms with E-state index in [2.05, 4.69) is 25.1 Å². The maximum Gasteiger partial charge on any atom is 0.126 e. The molecule has 3 heteroatoms. The van der Waals surface area contributed by atoms with Gasteiger partial charge in [-0.2, -0.15) is 0 Å². The summed E-state index contributed by atoms with van der Waals surface area (Å²) < 4.78 is 10.9. The van der Waals surface area contributed by atoms with Crippen molar-refractivity contribution in [1.82, 2.24) is 0 Å². The zero-order valence-corrected chi connectivity index (χ0v) is 13.0. The second-order valence-electron chi connectivity index (χ2n) is 4.95. The lowest BCUT2D eigenvalue weighted by molar-refractivity contribution is 0.404. The van der Waals surface area contributed by atoms with Gasteiger partial charge < -0.3 is 15.2 Å². The minimum absolute atomic E-state index is 0.630. The van der Waals surface area contributed by atoms with Crippen molar-refractivity contribution in [2.75, 3.05) is 20.8 Å². The second kappa shape index (κ2) is 7.14. The maximum absolute atomic E-state index is 5.75. The fourth-order valence-electron chi connectivity index (χ4n) is 2.49. The van der Waals surface area contributed by atoms with Gasteiger partial charge in [0, 0.05) is 5.56 Å². The summed E-state index contributed by atoms with van der Waals surface area (Å²) in [4.78, 5) is 0. The number of hydrogen-bond acceptors (Lipinski definition) is 3. The molecule has 0 aliphatic carbocycles. The highest BCUT2D eigenvalue weighted by atomic mass is 16.5. The van der Waals surface area contributed by atoms with Crippen LogP contribution in [0.15, 0.2) is 36.4 Å². The van der Waals surface area contributed by atoms with Crippen LogP contribution in [0.5, 0.6) is 11.5 Å². The molecule has 0 aliphatic heterocycles. The highest BCUT2D eigenvalue weighted by Gasteiger charge is 2.12. The van der Waals surface area contributed by atoms with Crippen molar-refractivity contribution in [3.05, 3.63) is 47.5 Å². The summed E-state index contributed by atoms with van der Waals surface area (Å²) in [6.07, 6.45) is 1.85. The molecule has 21 heavy (non-hydrogen) atoms. The van der Waals surface area contributed by atoms with E-state index < -0.39 is 0 Å². The summed E-state index contributed by atoms with van der Waals surface area (Å²) in [5, 5.41) is 0. The SMILES string of the molecule is CCc1ccc(CCN)c(-c2cc(OC)ccc2OC)c1. The van der Waals surface area contributed by atoms with Gasteiger partial charge in [0.1, 0.15) is 11.5 Å². The van der Waals surface area contributed by atoms with Crippen molar-refractivity contribution in [3.8, 4) is 22.6 Å². The predicted octanol–water partition coefficient (Wildman–Crippen LogP) is 3.43. The van der Waals surface area contributed by atoms with Gasteiger partial charge in [0.25, 0.3) is 0 Å². The normalized spacial score (nSPS) is 10.5. The third kappa shape index (κ3) is 3.37. The lowest BCUT2D eigenvalue weighted by Crippen LogP contribution is -2.05. The van der Waals surface area contributed by atoms with Gasteiger partial charge in [0.2, 0.25) is 0 Å². The van der Waals surface area contributed by atoms with Crippen LogP contribution in [0.4, 0.5) is 0 Å². The van der Waals surface area contributed by atoms with Crippen LogP contribution in [-0.2, 0) is 12.8 Å². The average Bonchev–Trinajstić information content (AvgIpc) is 2.54. The molecule has 0 heterocycles. The number of ether oxygens (including phenoxy) is 2.